The van der Waals surface area contributed by atoms with E-state index in [9.17, 15) is 14.4 Å². The van der Waals surface area contributed by atoms with Crippen molar-refractivity contribution in [2.75, 3.05) is 10.6 Å². The fourth-order valence-electron chi connectivity index (χ4n) is 4.06. The Kier molecular flexibility index (Phi) is 7.41. The second kappa shape index (κ2) is 11.1. The number of nitrogens with one attached hydrogen (secondary N) is 3. The summed E-state index contributed by atoms with van der Waals surface area (Å²) in [4.78, 5) is 21.7. The monoisotopic (exact) mass is 565 g/mol. The maximum absolute atomic E-state index is 15.0. The van der Waals surface area contributed by atoms with Crippen LogP contribution in [0.25, 0.3) is 16.9 Å². The van der Waals surface area contributed by atoms with Crippen molar-refractivity contribution in [3.05, 3.63) is 89.3 Å². The van der Waals surface area contributed by atoms with Crippen LogP contribution in [0.1, 0.15) is 43.2 Å². The molecule has 0 aliphatic rings. The van der Waals surface area contributed by atoms with Crippen LogP contribution in [0.3, 0.4) is 0 Å². The lowest BCUT2D eigenvalue weighted by Crippen LogP contribution is -2.22. The van der Waals surface area contributed by atoms with Crippen molar-refractivity contribution in [3.8, 4) is 34.8 Å². The number of carbonyl (C=O) groups excluding carboxylic acids is 1. The molecular weight excluding hydrogens is 537 g/mol. The summed E-state index contributed by atoms with van der Waals surface area (Å²) < 4.78 is 22.4. The molecule has 42 heavy (non-hydrogen) atoms. The van der Waals surface area contributed by atoms with Crippen molar-refractivity contribution < 1.29 is 13.9 Å². The number of halogens is 1. The van der Waals surface area contributed by atoms with Crippen LogP contribution in [0.15, 0.2) is 61.1 Å². The summed E-state index contributed by atoms with van der Waals surface area (Å²) in [6.45, 7) is 9.51. The third-order valence-corrected chi connectivity index (χ3v) is 6.45. The van der Waals surface area contributed by atoms with Crippen LogP contribution in [-0.2, 0) is 5.41 Å². The Morgan fingerprint density at radius 2 is 1.90 bits per heavy atom. The SMILES string of the molecule is Cc1ccc(-n2nc(C(C)(C)C)cc2NC(=O)Nc2cc(Oc3nccc(-c4cn[nH]c4)n3)c(C)cc2F)cc1C#N. The van der Waals surface area contributed by atoms with E-state index in [1.165, 1.54) is 12.1 Å². The number of nitrogens with zero attached hydrogens (tertiary/aromatic N) is 6. The van der Waals surface area contributed by atoms with E-state index in [1.54, 1.807) is 48.4 Å². The van der Waals surface area contributed by atoms with Gasteiger partial charge < -0.3 is 10.1 Å². The highest BCUT2D eigenvalue weighted by molar-refractivity contribution is 5.99. The van der Waals surface area contributed by atoms with Crippen molar-refractivity contribution in [2.45, 2.75) is 40.0 Å². The molecule has 0 fully saturated rings. The molecule has 2 aromatic carbocycles. The molecule has 212 valence electrons. The zero-order valence-corrected chi connectivity index (χ0v) is 23.7. The van der Waals surface area contributed by atoms with Gasteiger partial charge in [0, 0.05) is 35.5 Å². The number of anilines is 2. The summed E-state index contributed by atoms with van der Waals surface area (Å²) in [7, 11) is 0. The van der Waals surface area contributed by atoms with Gasteiger partial charge in [0.05, 0.1) is 40.6 Å². The summed E-state index contributed by atoms with van der Waals surface area (Å²) >= 11 is 0. The Balaban J connectivity index is 1.40. The van der Waals surface area contributed by atoms with Crippen molar-refractivity contribution in [3.63, 3.8) is 0 Å². The Hall–Kier alpha value is -5.57. The van der Waals surface area contributed by atoms with Crippen LogP contribution in [0.5, 0.6) is 11.8 Å². The van der Waals surface area contributed by atoms with Gasteiger partial charge in [0.25, 0.3) is 0 Å². The van der Waals surface area contributed by atoms with Gasteiger partial charge in [-0.3, -0.25) is 10.4 Å². The van der Waals surface area contributed by atoms with Crippen LogP contribution in [0.4, 0.5) is 20.7 Å². The van der Waals surface area contributed by atoms with Crippen molar-refractivity contribution in [1.29, 1.82) is 5.26 Å². The summed E-state index contributed by atoms with van der Waals surface area (Å²) in [5.74, 6) is -0.0393. The van der Waals surface area contributed by atoms with Crippen LogP contribution >= 0.6 is 0 Å². The first-order valence-electron chi connectivity index (χ1n) is 13.0. The molecule has 5 aromatic rings. The largest absolute Gasteiger partial charge is 0.424 e. The number of rotatable bonds is 6. The minimum absolute atomic E-state index is 0.0484. The van der Waals surface area contributed by atoms with Gasteiger partial charge in [-0.1, -0.05) is 26.8 Å². The summed E-state index contributed by atoms with van der Waals surface area (Å²) in [5, 5.41) is 26.1. The molecule has 0 saturated heterocycles. The molecule has 0 spiro atoms. The Bertz CT molecular complexity index is 1820. The van der Waals surface area contributed by atoms with Crippen molar-refractivity contribution in [1.82, 2.24) is 29.9 Å². The molecule has 0 unspecified atom stereocenters. The van der Waals surface area contributed by atoms with Gasteiger partial charge in [-0.25, -0.2) is 18.9 Å². The van der Waals surface area contributed by atoms with E-state index in [0.717, 1.165) is 11.1 Å². The van der Waals surface area contributed by atoms with E-state index in [4.69, 9.17) is 4.74 Å². The number of nitriles is 1. The molecule has 11 nitrogen and oxygen atoms in total. The molecule has 0 aliphatic carbocycles. The lowest BCUT2D eigenvalue weighted by molar-refractivity contribution is 0.262. The normalized spacial score (nSPS) is 11.2. The number of carbonyl (C=O) groups is 1. The third-order valence-electron chi connectivity index (χ3n) is 6.45. The van der Waals surface area contributed by atoms with Gasteiger partial charge in [0.1, 0.15) is 17.4 Å². The summed E-state index contributed by atoms with van der Waals surface area (Å²) in [5.41, 5.74) is 4.01. The molecule has 0 bridgehead atoms. The molecule has 3 N–H and O–H groups in total. The number of benzene rings is 2. The molecule has 2 amide bonds. The van der Waals surface area contributed by atoms with Crippen LogP contribution in [-0.4, -0.2) is 36.0 Å². The Labute approximate surface area is 241 Å². The predicted molar refractivity (Wildman–Crippen MR) is 155 cm³/mol. The smallest absolute Gasteiger partial charge is 0.324 e. The maximum Gasteiger partial charge on any atom is 0.324 e. The molecule has 0 atom stereocenters. The highest BCUT2D eigenvalue weighted by Gasteiger charge is 2.22. The molecule has 3 aromatic heterocycles. The van der Waals surface area contributed by atoms with Gasteiger partial charge in [-0.2, -0.15) is 20.4 Å². The summed E-state index contributed by atoms with van der Waals surface area (Å²) in [6.07, 6.45) is 4.85. The number of H-pyrrole nitrogens is 1. The first kappa shape index (κ1) is 28.0. The number of hydrogen-bond acceptors (Lipinski definition) is 7. The van der Waals surface area contributed by atoms with Crippen LogP contribution in [0.2, 0.25) is 0 Å². The van der Waals surface area contributed by atoms with Gasteiger partial charge in [-0.15, -0.1) is 0 Å². The zero-order valence-electron chi connectivity index (χ0n) is 23.7. The van der Waals surface area contributed by atoms with Crippen molar-refractivity contribution >= 4 is 17.5 Å². The number of aromatic amines is 1. The number of aryl methyl sites for hydroxylation is 2. The third kappa shape index (κ3) is 5.95. The number of ether oxygens (including phenoxy) is 1. The highest BCUT2D eigenvalue weighted by atomic mass is 19.1. The van der Waals surface area contributed by atoms with Gasteiger partial charge in [0.15, 0.2) is 0 Å². The highest BCUT2D eigenvalue weighted by Crippen LogP contribution is 2.31. The Morgan fingerprint density at radius 3 is 2.62 bits per heavy atom. The molecule has 5 rings (SSSR count). The van der Waals surface area contributed by atoms with Gasteiger partial charge in [0.2, 0.25) is 0 Å². The van der Waals surface area contributed by atoms with Gasteiger partial charge in [-0.05, 0) is 49.2 Å². The van der Waals surface area contributed by atoms with E-state index in [0.29, 0.717) is 34.0 Å². The lowest BCUT2D eigenvalue weighted by Gasteiger charge is -2.14. The fraction of sp³-hybridized carbons (Fsp3) is 0.200. The predicted octanol–water partition coefficient (Wildman–Crippen LogP) is 6.41. The van der Waals surface area contributed by atoms with E-state index in [-0.39, 0.29) is 22.9 Å². The number of aromatic nitrogens is 6. The van der Waals surface area contributed by atoms with E-state index in [1.807, 2.05) is 39.8 Å². The average Bonchev–Trinajstić information content (AvgIpc) is 3.63. The van der Waals surface area contributed by atoms with Crippen LogP contribution in [0, 0.1) is 31.0 Å². The minimum atomic E-state index is -0.698. The summed E-state index contributed by atoms with van der Waals surface area (Å²) in [6, 6.07) is 12.9. The second-order valence-corrected chi connectivity index (χ2v) is 10.7. The quantitative estimate of drug-likeness (QED) is 0.215. The lowest BCUT2D eigenvalue weighted by atomic mass is 9.92. The molecule has 0 aliphatic heterocycles. The fourth-order valence-corrected chi connectivity index (χ4v) is 4.06. The first-order chi connectivity index (χ1) is 20.0. The first-order valence-corrected chi connectivity index (χ1v) is 13.0. The van der Waals surface area contributed by atoms with Crippen molar-refractivity contribution in [2.24, 2.45) is 0 Å². The topological polar surface area (TPSA) is 146 Å². The molecular formula is C30H28FN9O2. The standard InChI is InChI=1S/C30H28FN9O2/c1-17-6-7-21(11-19(17)14-32)40-27(13-26(39-40)30(3,4)5)38-28(41)36-24-12-25(18(2)10-22(24)31)42-29-33-9-8-23(37-29)20-15-34-35-16-20/h6-13,15-16H,1-5H3,(H,34,35)(H2,36,38,41). The Morgan fingerprint density at radius 1 is 1.10 bits per heavy atom. The maximum atomic E-state index is 15.0. The van der Waals surface area contributed by atoms with E-state index in [2.05, 4.69) is 42.0 Å². The average molecular weight is 566 g/mol. The zero-order chi connectivity index (χ0) is 30.0. The molecule has 12 heteroatoms. The number of urea groups is 1. The van der Waals surface area contributed by atoms with Gasteiger partial charge >= 0.3 is 12.0 Å². The van der Waals surface area contributed by atoms with Crippen LogP contribution < -0.4 is 15.4 Å². The van der Waals surface area contributed by atoms with E-state index >= 15 is 0 Å². The number of amides is 2. The molecule has 3 heterocycles. The molecule has 0 saturated carbocycles. The minimum Gasteiger partial charge on any atom is -0.424 e. The second-order valence-electron chi connectivity index (χ2n) is 10.7. The molecule has 0 radical (unpaired) electrons. The number of hydrogen-bond donors (Lipinski definition) is 3. The van der Waals surface area contributed by atoms with E-state index < -0.39 is 11.8 Å².